The second kappa shape index (κ2) is 7.72. The summed E-state index contributed by atoms with van der Waals surface area (Å²) >= 11 is 4.88. The summed E-state index contributed by atoms with van der Waals surface area (Å²) < 4.78 is 23.1. The molecule has 6 nitrogen and oxygen atoms in total. The summed E-state index contributed by atoms with van der Waals surface area (Å²) in [5.74, 6) is 1.71. The Bertz CT molecular complexity index is 1160. The molecule has 0 spiro atoms. The fourth-order valence-electron chi connectivity index (χ4n) is 3.01. The topological polar surface area (TPSA) is 69.6 Å². The van der Waals surface area contributed by atoms with E-state index in [1.807, 2.05) is 28.8 Å². The van der Waals surface area contributed by atoms with Gasteiger partial charge in [0.2, 0.25) is 11.8 Å². The number of benzene rings is 2. The Balaban J connectivity index is 1.37. The first-order chi connectivity index (χ1) is 14.2. The summed E-state index contributed by atoms with van der Waals surface area (Å²) in [4.78, 5) is 0. The third-order valence-corrected chi connectivity index (χ3v) is 6.03. The van der Waals surface area contributed by atoms with E-state index in [-0.39, 0.29) is 5.82 Å². The fourth-order valence-corrected chi connectivity index (χ4v) is 4.12. The van der Waals surface area contributed by atoms with Crippen LogP contribution in [0, 0.1) is 5.82 Å². The van der Waals surface area contributed by atoms with Crippen LogP contribution in [-0.4, -0.2) is 25.0 Å². The molecule has 0 atom stereocenters. The standard InChI is InChI=1S/C20H15BrFN5OS/c21-13-7-5-12(6-8-13)19-25-23-17(28-19)11-29-20-26-24-18(27(20)14-9-10-14)15-3-1-2-4-16(15)22/h1-8,14H,9-11H2. The lowest BCUT2D eigenvalue weighted by Crippen LogP contribution is -2.01. The Morgan fingerprint density at radius 1 is 1.03 bits per heavy atom. The average molecular weight is 472 g/mol. The summed E-state index contributed by atoms with van der Waals surface area (Å²) in [5.41, 5.74) is 1.33. The molecule has 1 aliphatic rings. The van der Waals surface area contributed by atoms with Crippen LogP contribution in [0.1, 0.15) is 24.8 Å². The lowest BCUT2D eigenvalue weighted by molar-refractivity contribution is 0.528. The van der Waals surface area contributed by atoms with Crippen molar-refractivity contribution in [1.82, 2.24) is 25.0 Å². The molecule has 4 aromatic rings. The minimum Gasteiger partial charge on any atom is -0.420 e. The van der Waals surface area contributed by atoms with Crippen LogP contribution in [0.15, 0.2) is 62.6 Å². The van der Waals surface area contributed by atoms with Gasteiger partial charge < -0.3 is 4.42 Å². The number of nitrogens with zero attached hydrogens (tertiary/aromatic N) is 5. The van der Waals surface area contributed by atoms with Crippen LogP contribution in [0.3, 0.4) is 0 Å². The van der Waals surface area contributed by atoms with Crippen molar-refractivity contribution in [3.63, 3.8) is 0 Å². The highest BCUT2D eigenvalue weighted by Crippen LogP contribution is 2.41. The van der Waals surface area contributed by atoms with Crippen molar-refractivity contribution in [2.45, 2.75) is 29.8 Å². The SMILES string of the molecule is Fc1ccccc1-c1nnc(SCc2nnc(-c3ccc(Br)cc3)o2)n1C1CC1. The van der Waals surface area contributed by atoms with Gasteiger partial charge in [-0.05, 0) is 49.2 Å². The van der Waals surface area contributed by atoms with Gasteiger partial charge in [0.15, 0.2) is 11.0 Å². The molecule has 146 valence electrons. The van der Waals surface area contributed by atoms with E-state index in [0.717, 1.165) is 28.0 Å². The summed E-state index contributed by atoms with van der Waals surface area (Å²) in [7, 11) is 0. The molecule has 2 aromatic heterocycles. The monoisotopic (exact) mass is 471 g/mol. The smallest absolute Gasteiger partial charge is 0.247 e. The van der Waals surface area contributed by atoms with Gasteiger partial charge in [0, 0.05) is 16.1 Å². The summed E-state index contributed by atoms with van der Waals surface area (Å²) in [5, 5.41) is 17.5. The van der Waals surface area contributed by atoms with Gasteiger partial charge in [0.05, 0.1) is 11.3 Å². The molecule has 0 bridgehead atoms. The molecule has 1 fully saturated rings. The molecular formula is C20H15BrFN5OS. The average Bonchev–Trinajstić information content (AvgIpc) is 3.31. The van der Waals surface area contributed by atoms with Gasteiger partial charge in [-0.15, -0.1) is 20.4 Å². The Kier molecular flexibility index (Phi) is 4.92. The first-order valence-corrected chi connectivity index (χ1v) is 10.9. The van der Waals surface area contributed by atoms with E-state index in [0.29, 0.717) is 35.0 Å². The Labute approximate surface area is 178 Å². The predicted molar refractivity (Wildman–Crippen MR) is 111 cm³/mol. The molecular weight excluding hydrogens is 457 g/mol. The number of thioether (sulfide) groups is 1. The van der Waals surface area contributed by atoms with Crippen molar-refractivity contribution in [2.75, 3.05) is 0 Å². The molecule has 9 heteroatoms. The maximum atomic E-state index is 14.3. The summed E-state index contributed by atoms with van der Waals surface area (Å²) in [6.45, 7) is 0. The highest BCUT2D eigenvalue weighted by atomic mass is 79.9. The van der Waals surface area contributed by atoms with Crippen LogP contribution in [0.5, 0.6) is 0 Å². The van der Waals surface area contributed by atoms with Crippen molar-refractivity contribution in [3.8, 4) is 22.8 Å². The third-order valence-electron chi connectivity index (χ3n) is 4.57. The minimum absolute atomic E-state index is 0.297. The molecule has 0 saturated heterocycles. The number of hydrogen-bond acceptors (Lipinski definition) is 6. The van der Waals surface area contributed by atoms with Crippen LogP contribution in [0.2, 0.25) is 0 Å². The van der Waals surface area contributed by atoms with Gasteiger partial charge in [0.1, 0.15) is 5.82 Å². The van der Waals surface area contributed by atoms with Gasteiger partial charge in [-0.1, -0.05) is 39.8 Å². The van der Waals surface area contributed by atoms with Crippen LogP contribution >= 0.6 is 27.7 Å². The molecule has 1 aliphatic carbocycles. The maximum absolute atomic E-state index is 14.3. The van der Waals surface area contributed by atoms with E-state index >= 15 is 0 Å². The molecule has 0 amide bonds. The van der Waals surface area contributed by atoms with Gasteiger partial charge in [-0.3, -0.25) is 4.57 Å². The van der Waals surface area contributed by atoms with Crippen molar-refractivity contribution in [2.24, 2.45) is 0 Å². The van der Waals surface area contributed by atoms with Crippen molar-refractivity contribution >= 4 is 27.7 Å². The first-order valence-electron chi connectivity index (χ1n) is 9.10. The second-order valence-corrected chi connectivity index (χ2v) is 8.54. The van der Waals surface area contributed by atoms with Crippen LogP contribution in [-0.2, 0) is 5.75 Å². The van der Waals surface area contributed by atoms with E-state index < -0.39 is 0 Å². The van der Waals surface area contributed by atoms with Crippen molar-refractivity contribution in [1.29, 1.82) is 0 Å². The largest absolute Gasteiger partial charge is 0.420 e. The highest BCUT2D eigenvalue weighted by Gasteiger charge is 2.31. The van der Waals surface area contributed by atoms with Gasteiger partial charge >= 0.3 is 0 Å². The van der Waals surface area contributed by atoms with Crippen LogP contribution in [0.25, 0.3) is 22.8 Å². The van der Waals surface area contributed by atoms with Crippen molar-refractivity contribution in [3.05, 3.63) is 64.7 Å². The summed E-state index contributed by atoms with van der Waals surface area (Å²) in [6.07, 6.45) is 2.09. The predicted octanol–water partition coefficient (Wildman–Crippen LogP) is 5.52. The van der Waals surface area contributed by atoms with Gasteiger partial charge in [0.25, 0.3) is 0 Å². The zero-order valence-corrected chi connectivity index (χ0v) is 17.5. The lowest BCUT2D eigenvalue weighted by atomic mass is 10.2. The third kappa shape index (κ3) is 3.84. The molecule has 0 N–H and O–H groups in total. The lowest BCUT2D eigenvalue weighted by Gasteiger charge is -2.08. The zero-order chi connectivity index (χ0) is 19.8. The van der Waals surface area contributed by atoms with Gasteiger partial charge in [-0.2, -0.15) is 0 Å². The molecule has 1 saturated carbocycles. The number of rotatable bonds is 6. The molecule has 0 unspecified atom stereocenters. The van der Waals surface area contributed by atoms with Crippen LogP contribution in [0.4, 0.5) is 4.39 Å². The number of halogens is 2. The Hall–Kier alpha value is -2.52. The molecule has 2 aromatic carbocycles. The highest BCUT2D eigenvalue weighted by molar-refractivity contribution is 9.10. The van der Waals surface area contributed by atoms with Crippen LogP contribution < -0.4 is 0 Å². The number of aromatic nitrogens is 5. The maximum Gasteiger partial charge on any atom is 0.247 e. The zero-order valence-electron chi connectivity index (χ0n) is 15.1. The minimum atomic E-state index is -0.297. The fraction of sp³-hybridized carbons (Fsp3) is 0.200. The van der Waals surface area contributed by atoms with E-state index in [1.54, 1.807) is 18.2 Å². The van der Waals surface area contributed by atoms with E-state index in [4.69, 9.17) is 4.42 Å². The van der Waals surface area contributed by atoms with Gasteiger partial charge in [-0.25, -0.2) is 4.39 Å². The molecule has 0 aliphatic heterocycles. The van der Waals surface area contributed by atoms with E-state index in [2.05, 4.69) is 36.3 Å². The first kappa shape index (κ1) is 18.5. The quantitative estimate of drug-likeness (QED) is 0.344. The molecule has 5 rings (SSSR count). The van der Waals surface area contributed by atoms with E-state index in [9.17, 15) is 4.39 Å². The van der Waals surface area contributed by atoms with Crippen molar-refractivity contribution < 1.29 is 8.81 Å². The molecule has 29 heavy (non-hydrogen) atoms. The second-order valence-electron chi connectivity index (χ2n) is 6.68. The Morgan fingerprint density at radius 2 is 1.83 bits per heavy atom. The molecule has 0 radical (unpaired) electrons. The number of hydrogen-bond donors (Lipinski definition) is 0. The normalized spacial score (nSPS) is 13.7. The van der Waals surface area contributed by atoms with E-state index in [1.165, 1.54) is 17.8 Å². The Morgan fingerprint density at radius 3 is 2.59 bits per heavy atom. The molecule has 2 heterocycles. The summed E-state index contributed by atoms with van der Waals surface area (Å²) in [6, 6.07) is 14.6.